The van der Waals surface area contributed by atoms with Crippen LogP contribution in [0.2, 0.25) is 0 Å². The summed E-state index contributed by atoms with van der Waals surface area (Å²) in [5, 5.41) is 4.28. The van der Waals surface area contributed by atoms with Crippen molar-refractivity contribution in [2.75, 3.05) is 26.7 Å². The second kappa shape index (κ2) is 12.8. The van der Waals surface area contributed by atoms with Crippen LogP contribution in [0.25, 0.3) is 22.2 Å². The molecule has 2 N–H and O–H groups in total. The fourth-order valence-electron chi connectivity index (χ4n) is 6.59. The topological polar surface area (TPSA) is 109 Å². The quantitative estimate of drug-likeness (QED) is 0.273. The predicted molar refractivity (Wildman–Crippen MR) is 164 cm³/mol. The number of imidazole rings is 1. The monoisotopic (exact) mass is 575 g/mol. The molecule has 0 bridgehead atoms. The number of unbranched alkanes of at least 4 members (excludes halogenated alkanes) is 2. The van der Waals surface area contributed by atoms with Crippen LogP contribution in [0.15, 0.2) is 35.3 Å². The Morgan fingerprint density at radius 3 is 2.67 bits per heavy atom. The van der Waals surface area contributed by atoms with E-state index < -0.39 is 0 Å². The number of piperidine rings is 1. The number of hydrogen-bond acceptors (Lipinski definition) is 6. The highest BCUT2D eigenvalue weighted by molar-refractivity contribution is 5.88. The molecule has 1 saturated carbocycles. The van der Waals surface area contributed by atoms with Crippen molar-refractivity contribution in [2.45, 2.75) is 77.7 Å². The van der Waals surface area contributed by atoms with Crippen LogP contribution in [-0.2, 0) is 16.6 Å². The molecule has 1 spiro atoms. The number of pyridine rings is 1. The molecule has 2 aliphatic rings. The molecule has 9 nitrogen and oxygen atoms in total. The number of benzene rings is 1. The largest absolute Gasteiger partial charge is 0.496 e. The number of amides is 1. The van der Waals surface area contributed by atoms with Gasteiger partial charge in [0.25, 0.3) is 5.56 Å². The normalized spacial score (nSPS) is 18.7. The van der Waals surface area contributed by atoms with Crippen molar-refractivity contribution in [3.63, 3.8) is 0 Å². The lowest BCUT2D eigenvalue weighted by atomic mass is 9.90. The highest BCUT2D eigenvalue weighted by Crippen LogP contribution is 2.59. The molecule has 3 aromatic rings. The number of nitrogens with one attached hydrogen (secondary N) is 2. The van der Waals surface area contributed by atoms with Crippen LogP contribution in [0.1, 0.15) is 83.5 Å². The number of nitrogens with zero attached hydrogens (tertiary/aromatic N) is 3. The minimum Gasteiger partial charge on any atom is -0.496 e. The number of carbonyl (C=O) groups excluding carboxylic acids is 2. The van der Waals surface area contributed by atoms with Gasteiger partial charge in [0, 0.05) is 43.5 Å². The first-order valence-electron chi connectivity index (χ1n) is 15.6. The lowest BCUT2D eigenvalue weighted by Crippen LogP contribution is -2.37. The Labute approximate surface area is 248 Å². The number of hydrogen-bond donors (Lipinski definition) is 2. The first-order chi connectivity index (χ1) is 20.3. The van der Waals surface area contributed by atoms with E-state index in [9.17, 15) is 14.4 Å². The molecule has 1 saturated heterocycles. The van der Waals surface area contributed by atoms with Crippen LogP contribution in [0.4, 0.5) is 0 Å². The van der Waals surface area contributed by atoms with Gasteiger partial charge in [0.2, 0.25) is 5.91 Å². The van der Waals surface area contributed by atoms with Crippen molar-refractivity contribution in [3.05, 3.63) is 46.6 Å². The number of likely N-dealkylation sites (tertiary alicyclic amines) is 1. The molecule has 1 aliphatic carbocycles. The number of methoxy groups -OCH3 is 1. The zero-order valence-electron chi connectivity index (χ0n) is 25.5. The Kier molecular flexibility index (Phi) is 9.16. The lowest BCUT2D eigenvalue weighted by Gasteiger charge is -2.32. The van der Waals surface area contributed by atoms with Crippen LogP contribution in [-0.4, -0.2) is 57.9 Å². The third-order valence-corrected chi connectivity index (χ3v) is 9.63. The number of aromatic nitrogens is 3. The van der Waals surface area contributed by atoms with Crippen molar-refractivity contribution < 1.29 is 14.3 Å². The first kappa shape index (κ1) is 30.0. The van der Waals surface area contributed by atoms with E-state index in [1.165, 1.54) is 0 Å². The average Bonchev–Trinajstić information content (AvgIpc) is 3.48. The fraction of sp³-hybridized carbons (Fsp3) is 0.576. The van der Waals surface area contributed by atoms with E-state index in [2.05, 4.69) is 22.1 Å². The smallest absolute Gasteiger partial charge is 0.250 e. The maximum atomic E-state index is 13.6. The zero-order valence-corrected chi connectivity index (χ0v) is 25.5. The van der Waals surface area contributed by atoms with Gasteiger partial charge in [-0.05, 0) is 74.7 Å². The number of carbonyl (C=O) groups is 2. The number of ketones is 1. The molecule has 1 aromatic carbocycles. The average molecular weight is 576 g/mol. The van der Waals surface area contributed by atoms with E-state index in [0.29, 0.717) is 24.4 Å². The molecule has 42 heavy (non-hydrogen) atoms. The van der Waals surface area contributed by atoms with Gasteiger partial charge in [-0.1, -0.05) is 26.7 Å². The molecule has 1 aliphatic heterocycles. The third kappa shape index (κ3) is 6.31. The van der Waals surface area contributed by atoms with Gasteiger partial charge in [-0.2, -0.15) is 0 Å². The van der Waals surface area contributed by atoms with E-state index >= 15 is 0 Å². The standard InChI is InChI=1S/C33H45N5O4/c1-5-23(39)10-8-7-9-11-26(36-32(41)25-20-33(25)14-16-38(6-2)17-15-33)31-34-21-27(35-31)24-18-22-12-13-30(40)37(3)28(22)19-29(24)42-4/h12-13,18-19,21,25-26H,5-11,14-17,20H2,1-4H3,(H,34,35)(H,36,41)/t25-,26+/m1/s1. The molecule has 0 unspecified atom stereocenters. The van der Waals surface area contributed by atoms with Gasteiger partial charge < -0.3 is 24.5 Å². The van der Waals surface area contributed by atoms with Crippen molar-refractivity contribution in [2.24, 2.45) is 18.4 Å². The SMILES string of the molecule is CCC(=O)CCCCC[C@H](NC(=O)[C@H]1CC12CCN(CC)CC2)c1ncc(-c2cc3ccc(=O)n(C)c3cc2OC)[nH]1. The summed E-state index contributed by atoms with van der Waals surface area (Å²) in [6.07, 6.45) is 9.59. The summed E-state index contributed by atoms with van der Waals surface area (Å²) in [5.41, 5.74) is 2.51. The number of rotatable bonds is 13. The molecular weight excluding hydrogens is 530 g/mol. The summed E-state index contributed by atoms with van der Waals surface area (Å²) >= 11 is 0. The molecule has 3 heterocycles. The summed E-state index contributed by atoms with van der Waals surface area (Å²) in [6, 6.07) is 7.02. The predicted octanol–water partition coefficient (Wildman–Crippen LogP) is 5.15. The first-order valence-corrected chi connectivity index (χ1v) is 15.6. The Hall–Kier alpha value is -3.46. The Bertz CT molecular complexity index is 1480. The van der Waals surface area contributed by atoms with Gasteiger partial charge in [0.05, 0.1) is 30.6 Å². The molecular formula is C33H45N5O4. The van der Waals surface area contributed by atoms with Gasteiger partial charge >= 0.3 is 0 Å². The second-order valence-electron chi connectivity index (χ2n) is 12.1. The molecule has 5 rings (SSSR count). The lowest BCUT2D eigenvalue weighted by molar-refractivity contribution is -0.124. The molecule has 2 atom stereocenters. The number of fused-ring (bicyclic) bond motifs is 1. The Balaban J connectivity index is 1.34. The van der Waals surface area contributed by atoms with Crippen molar-refractivity contribution in [1.82, 2.24) is 24.8 Å². The second-order valence-corrected chi connectivity index (χ2v) is 12.1. The number of ether oxygens (including phenoxy) is 1. The van der Waals surface area contributed by atoms with Crippen LogP contribution in [0.3, 0.4) is 0 Å². The number of aromatic amines is 1. The summed E-state index contributed by atoms with van der Waals surface area (Å²) < 4.78 is 7.32. The molecule has 9 heteroatoms. The van der Waals surface area contributed by atoms with E-state index in [-0.39, 0.29) is 28.8 Å². The Morgan fingerprint density at radius 1 is 1.17 bits per heavy atom. The van der Waals surface area contributed by atoms with Gasteiger partial charge in [0.1, 0.15) is 17.4 Å². The minimum atomic E-state index is -0.242. The van der Waals surface area contributed by atoms with Gasteiger partial charge in [-0.3, -0.25) is 14.4 Å². The van der Waals surface area contributed by atoms with Gasteiger partial charge in [-0.25, -0.2) is 4.98 Å². The van der Waals surface area contributed by atoms with E-state index in [4.69, 9.17) is 9.72 Å². The van der Waals surface area contributed by atoms with E-state index in [0.717, 1.165) is 92.6 Å². The number of Topliss-reactive ketones (excluding diaryl/α,β-unsaturated/α-hetero) is 1. The Morgan fingerprint density at radius 2 is 1.95 bits per heavy atom. The maximum Gasteiger partial charge on any atom is 0.250 e. The summed E-state index contributed by atoms with van der Waals surface area (Å²) in [7, 11) is 3.37. The van der Waals surface area contributed by atoms with E-state index in [1.54, 1.807) is 31.0 Å². The van der Waals surface area contributed by atoms with Crippen molar-refractivity contribution in [1.29, 1.82) is 0 Å². The minimum absolute atomic E-state index is 0.0721. The van der Waals surface area contributed by atoms with Crippen molar-refractivity contribution >= 4 is 22.6 Å². The number of H-pyrrole nitrogens is 1. The summed E-state index contributed by atoms with van der Waals surface area (Å²) in [5.74, 6) is 1.86. The molecule has 1 amide bonds. The third-order valence-electron chi connectivity index (χ3n) is 9.63. The summed E-state index contributed by atoms with van der Waals surface area (Å²) in [4.78, 5) is 48.1. The zero-order chi connectivity index (χ0) is 29.9. The van der Waals surface area contributed by atoms with Crippen LogP contribution in [0.5, 0.6) is 5.75 Å². The molecule has 2 aromatic heterocycles. The highest BCUT2D eigenvalue weighted by Gasteiger charge is 2.58. The molecule has 226 valence electrons. The maximum absolute atomic E-state index is 13.6. The molecule has 2 fully saturated rings. The number of aryl methyl sites for hydroxylation is 1. The highest BCUT2D eigenvalue weighted by atomic mass is 16.5. The summed E-state index contributed by atoms with van der Waals surface area (Å²) in [6.45, 7) is 7.32. The molecule has 0 radical (unpaired) electrons. The van der Waals surface area contributed by atoms with E-state index in [1.807, 2.05) is 25.1 Å². The van der Waals surface area contributed by atoms with Gasteiger partial charge in [-0.15, -0.1) is 0 Å². The van der Waals surface area contributed by atoms with Crippen LogP contribution >= 0.6 is 0 Å². The van der Waals surface area contributed by atoms with Crippen LogP contribution < -0.4 is 15.6 Å². The fourth-order valence-corrected chi connectivity index (χ4v) is 6.59. The van der Waals surface area contributed by atoms with Crippen molar-refractivity contribution in [3.8, 4) is 17.0 Å². The van der Waals surface area contributed by atoms with Crippen LogP contribution in [0, 0.1) is 11.3 Å². The van der Waals surface area contributed by atoms with Gasteiger partial charge in [0.15, 0.2) is 0 Å².